The first-order valence-electron chi connectivity index (χ1n) is 10.0. The van der Waals surface area contributed by atoms with Crippen LogP contribution in [0, 0.1) is 5.82 Å². The minimum Gasteiger partial charge on any atom is -0.298 e. The lowest BCUT2D eigenvalue weighted by Gasteiger charge is -2.42. The molecule has 1 heterocycles. The Morgan fingerprint density at radius 3 is 2.12 bits per heavy atom. The Kier molecular flexibility index (Phi) is 5.66. The molecule has 0 N–H and O–H groups in total. The van der Waals surface area contributed by atoms with Gasteiger partial charge in [0.2, 0.25) is 0 Å². The summed E-state index contributed by atoms with van der Waals surface area (Å²) in [6.07, 6.45) is 4.65. The molecule has 3 heteroatoms. The standard InChI is InChI=1S/C23H29FN2/c24-23-9-5-4-8-22(23)20-10-12-21(13-11-20)26-16-14-25(15-17-26)18-19-6-2-1-3-7-19/h1-9,20-21H,10-18H2. The highest BCUT2D eigenvalue weighted by Gasteiger charge is 2.29. The van der Waals surface area contributed by atoms with Crippen molar-refractivity contribution in [3.8, 4) is 0 Å². The first-order chi connectivity index (χ1) is 12.8. The van der Waals surface area contributed by atoms with Crippen LogP contribution in [0.3, 0.4) is 0 Å². The fourth-order valence-corrected chi connectivity index (χ4v) is 4.69. The summed E-state index contributed by atoms with van der Waals surface area (Å²) in [4.78, 5) is 5.25. The molecule has 138 valence electrons. The van der Waals surface area contributed by atoms with E-state index < -0.39 is 0 Å². The number of benzene rings is 2. The topological polar surface area (TPSA) is 6.48 Å². The van der Waals surface area contributed by atoms with E-state index in [4.69, 9.17) is 0 Å². The second-order valence-corrected chi connectivity index (χ2v) is 7.82. The monoisotopic (exact) mass is 352 g/mol. The zero-order valence-corrected chi connectivity index (χ0v) is 15.5. The highest BCUT2D eigenvalue weighted by atomic mass is 19.1. The van der Waals surface area contributed by atoms with E-state index in [1.165, 1.54) is 31.5 Å². The van der Waals surface area contributed by atoms with Crippen molar-refractivity contribution >= 4 is 0 Å². The molecule has 1 aliphatic carbocycles. The smallest absolute Gasteiger partial charge is 0.126 e. The molecule has 0 bridgehead atoms. The summed E-state index contributed by atoms with van der Waals surface area (Å²) in [6.45, 7) is 5.71. The van der Waals surface area contributed by atoms with Crippen molar-refractivity contribution < 1.29 is 4.39 Å². The van der Waals surface area contributed by atoms with Gasteiger partial charge in [0.1, 0.15) is 5.82 Å². The molecule has 0 aromatic heterocycles. The summed E-state index contributed by atoms with van der Waals surface area (Å²) in [7, 11) is 0. The van der Waals surface area contributed by atoms with E-state index in [1.807, 2.05) is 12.1 Å². The molecule has 0 atom stereocenters. The van der Waals surface area contributed by atoms with Crippen molar-refractivity contribution in [2.24, 2.45) is 0 Å². The molecular weight excluding hydrogens is 323 g/mol. The Bertz CT molecular complexity index is 686. The summed E-state index contributed by atoms with van der Waals surface area (Å²) in [5, 5.41) is 0. The van der Waals surface area contributed by atoms with Crippen LogP contribution in [0.5, 0.6) is 0 Å². The van der Waals surface area contributed by atoms with Gasteiger partial charge in [0.15, 0.2) is 0 Å². The Labute approximate surface area is 156 Å². The molecule has 2 nitrogen and oxygen atoms in total. The zero-order valence-electron chi connectivity index (χ0n) is 15.5. The van der Waals surface area contributed by atoms with Gasteiger partial charge in [-0.1, -0.05) is 48.5 Å². The normalized spacial score (nSPS) is 25.3. The zero-order chi connectivity index (χ0) is 17.8. The molecule has 2 fully saturated rings. The third-order valence-electron chi connectivity index (χ3n) is 6.21. The van der Waals surface area contributed by atoms with Gasteiger partial charge in [-0.15, -0.1) is 0 Å². The van der Waals surface area contributed by atoms with E-state index in [1.54, 1.807) is 12.1 Å². The largest absolute Gasteiger partial charge is 0.298 e. The highest BCUT2D eigenvalue weighted by Crippen LogP contribution is 2.36. The Balaban J connectivity index is 1.25. The Morgan fingerprint density at radius 2 is 1.42 bits per heavy atom. The van der Waals surface area contributed by atoms with Gasteiger partial charge in [0, 0.05) is 38.8 Å². The fraction of sp³-hybridized carbons (Fsp3) is 0.478. The molecule has 1 saturated heterocycles. The molecular formula is C23H29FN2. The first-order valence-corrected chi connectivity index (χ1v) is 10.0. The maximum atomic E-state index is 14.0. The summed E-state index contributed by atoms with van der Waals surface area (Å²) >= 11 is 0. The summed E-state index contributed by atoms with van der Waals surface area (Å²) in [5.74, 6) is 0.386. The van der Waals surface area contributed by atoms with E-state index in [9.17, 15) is 4.39 Å². The van der Waals surface area contributed by atoms with Gasteiger partial charge in [-0.05, 0) is 48.8 Å². The van der Waals surface area contributed by atoms with E-state index in [0.29, 0.717) is 12.0 Å². The van der Waals surface area contributed by atoms with Gasteiger partial charge < -0.3 is 0 Å². The number of hydrogen-bond acceptors (Lipinski definition) is 2. The lowest BCUT2D eigenvalue weighted by atomic mass is 9.81. The number of halogens is 1. The lowest BCUT2D eigenvalue weighted by molar-refractivity contribution is 0.0725. The van der Waals surface area contributed by atoms with Crippen LogP contribution in [0.15, 0.2) is 54.6 Å². The van der Waals surface area contributed by atoms with Crippen LogP contribution < -0.4 is 0 Å². The van der Waals surface area contributed by atoms with Crippen LogP contribution >= 0.6 is 0 Å². The third kappa shape index (κ3) is 4.16. The van der Waals surface area contributed by atoms with Crippen LogP contribution in [0.25, 0.3) is 0 Å². The summed E-state index contributed by atoms with van der Waals surface area (Å²) in [6, 6.07) is 18.8. The first kappa shape index (κ1) is 17.7. The summed E-state index contributed by atoms with van der Waals surface area (Å²) in [5.41, 5.74) is 2.34. The van der Waals surface area contributed by atoms with Crippen LogP contribution in [-0.2, 0) is 6.54 Å². The van der Waals surface area contributed by atoms with Gasteiger partial charge in [0.05, 0.1) is 0 Å². The van der Waals surface area contributed by atoms with Crippen molar-refractivity contribution in [1.82, 2.24) is 9.80 Å². The quantitative estimate of drug-likeness (QED) is 0.789. The minimum atomic E-state index is -0.0227. The molecule has 2 aromatic carbocycles. The molecule has 0 spiro atoms. The minimum absolute atomic E-state index is 0.0227. The molecule has 0 radical (unpaired) electrons. The molecule has 4 rings (SSSR count). The van der Waals surface area contributed by atoms with Gasteiger partial charge in [-0.2, -0.15) is 0 Å². The molecule has 26 heavy (non-hydrogen) atoms. The van der Waals surface area contributed by atoms with Crippen molar-refractivity contribution in [3.05, 3.63) is 71.5 Å². The maximum absolute atomic E-state index is 14.0. The van der Waals surface area contributed by atoms with E-state index >= 15 is 0 Å². The molecule has 0 amide bonds. The van der Waals surface area contributed by atoms with E-state index in [-0.39, 0.29) is 5.82 Å². The van der Waals surface area contributed by atoms with Crippen molar-refractivity contribution in [2.45, 2.75) is 44.2 Å². The van der Waals surface area contributed by atoms with Crippen molar-refractivity contribution in [3.63, 3.8) is 0 Å². The highest BCUT2D eigenvalue weighted by molar-refractivity contribution is 5.22. The molecule has 1 aliphatic heterocycles. The van der Waals surface area contributed by atoms with Gasteiger partial charge in [0.25, 0.3) is 0 Å². The number of nitrogens with zero attached hydrogens (tertiary/aromatic N) is 2. The van der Waals surface area contributed by atoms with E-state index in [2.05, 4.69) is 40.1 Å². The Morgan fingerprint density at radius 1 is 0.769 bits per heavy atom. The predicted octanol–water partition coefficient (Wildman–Crippen LogP) is 4.67. The summed E-state index contributed by atoms with van der Waals surface area (Å²) < 4.78 is 14.0. The van der Waals surface area contributed by atoms with E-state index in [0.717, 1.165) is 38.0 Å². The van der Waals surface area contributed by atoms with Crippen molar-refractivity contribution in [2.75, 3.05) is 26.2 Å². The second-order valence-electron chi connectivity index (χ2n) is 7.82. The maximum Gasteiger partial charge on any atom is 0.126 e. The number of rotatable bonds is 4. The molecule has 0 unspecified atom stereocenters. The average Bonchev–Trinajstić information content (AvgIpc) is 2.70. The van der Waals surface area contributed by atoms with Crippen LogP contribution in [0.4, 0.5) is 4.39 Å². The van der Waals surface area contributed by atoms with Crippen molar-refractivity contribution in [1.29, 1.82) is 0 Å². The van der Waals surface area contributed by atoms with Gasteiger partial charge in [-0.3, -0.25) is 9.80 Å². The second kappa shape index (κ2) is 8.32. The molecule has 2 aromatic rings. The molecule has 1 saturated carbocycles. The van der Waals surface area contributed by atoms with Gasteiger partial charge in [-0.25, -0.2) is 4.39 Å². The lowest BCUT2D eigenvalue weighted by Crippen LogP contribution is -2.50. The predicted molar refractivity (Wildman–Crippen MR) is 105 cm³/mol. The number of hydrogen-bond donors (Lipinski definition) is 0. The average molecular weight is 352 g/mol. The van der Waals surface area contributed by atoms with Crippen LogP contribution in [-0.4, -0.2) is 42.0 Å². The SMILES string of the molecule is Fc1ccccc1C1CCC(N2CCN(Cc3ccccc3)CC2)CC1. The van der Waals surface area contributed by atoms with Crippen LogP contribution in [0.2, 0.25) is 0 Å². The number of piperazine rings is 1. The van der Waals surface area contributed by atoms with Gasteiger partial charge >= 0.3 is 0 Å². The Hall–Kier alpha value is -1.71. The van der Waals surface area contributed by atoms with Crippen LogP contribution in [0.1, 0.15) is 42.7 Å². The molecule has 2 aliphatic rings. The fourth-order valence-electron chi connectivity index (χ4n) is 4.69. The third-order valence-corrected chi connectivity index (χ3v) is 6.21.